The van der Waals surface area contributed by atoms with Crippen molar-refractivity contribution in [3.8, 4) is 28.3 Å². The number of imidazole rings is 1. The standard InChI is InChI=1S/C27H28F2N3O3S/c1-15-22(16-9-7-6-8-10-16)32-25(30-27(2,3)4)23-19-11-17(28)12-20(29)24(19)35-14-18(13-21(33)34-5)31(23)26(32)36-15/h6-12,18,30H,13-14H2,1-5H3/q+1. The van der Waals surface area contributed by atoms with Gasteiger partial charge in [-0.1, -0.05) is 41.7 Å². The third kappa shape index (κ3) is 4.11. The molecule has 6 nitrogen and oxygen atoms in total. The predicted octanol–water partition coefficient (Wildman–Crippen LogP) is 5.92. The SMILES string of the molecule is COC(=O)CC1COc2c(F)cc(F)cc2-c2c(NC(C)(C)C)n3c(-c4ccccc4)c(C)sc3[n+]21. The molecular weight excluding hydrogens is 484 g/mol. The van der Waals surface area contributed by atoms with Gasteiger partial charge in [0.15, 0.2) is 17.3 Å². The lowest BCUT2D eigenvalue weighted by Gasteiger charge is -2.20. The Balaban J connectivity index is 1.93. The van der Waals surface area contributed by atoms with Crippen molar-refractivity contribution in [2.75, 3.05) is 19.0 Å². The van der Waals surface area contributed by atoms with Gasteiger partial charge in [-0.05, 0) is 33.8 Å². The monoisotopic (exact) mass is 512 g/mol. The zero-order valence-electron chi connectivity index (χ0n) is 20.8. The molecule has 0 amide bonds. The summed E-state index contributed by atoms with van der Waals surface area (Å²) in [6.07, 6.45) is 0.0124. The zero-order valence-corrected chi connectivity index (χ0v) is 21.6. The van der Waals surface area contributed by atoms with Crippen molar-refractivity contribution in [3.05, 3.63) is 59.0 Å². The molecular formula is C27H28F2N3O3S+. The van der Waals surface area contributed by atoms with Crippen LogP contribution in [0.5, 0.6) is 5.75 Å². The lowest BCUT2D eigenvalue weighted by atomic mass is 10.1. The molecule has 188 valence electrons. The van der Waals surface area contributed by atoms with Crippen LogP contribution in [0.25, 0.3) is 27.5 Å². The van der Waals surface area contributed by atoms with E-state index in [1.54, 1.807) is 11.3 Å². The quantitative estimate of drug-likeness (QED) is 0.273. The second-order valence-corrected chi connectivity index (χ2v) is 11.1. The first-order chi connectivity index (χ1) is 17.1. The molecule has 9 heteroatoms. The number of aryl methyl sites for hydroxylation is 1. The Kier molecular flexibility index (Phi) is 5.98. The number of aromatic nitrogens is 2. The fraction of sp³-hybridized carbons (Fsp3) is 0.333. The maximum atomic E-state index is 15.0. The molecule has 0 aliphatic carbocycles. The van der Waals surface area contributed by atoms with E-state index >= 15 is 4.39 Å². The number of hydrogen-bond acceptors (Lipinski definition) is 5. The van der Waals surface area contributed by atoms with E-state index in [4.69, 9.17) is 9.47 Å². The summed E-state index contributed by atoms with van der Waals surface area (Å²) < 4.78 is 44.6. The molecule has 4 aromatic rings. The van der Waals surface area contributed by atoms with Crippen molar-refractivity contribution in [1.82, 2.24) is 4.40 Å². The highest BCUT2D eigenvalue weighted by atomic mass is 32.1. The van der Waals surface area contributed by atoms with E-state index in [0.717, 1.165) is 27.2 Å². The number of ether oxygens (including phenoxy) is 2. The van der Waals surface area contributed by atoms with E-state index < -0.39 is 23.6 Å². The first-order valence-electron chi connectivity index (χ1n) is 11.7. The van der Waals surface area contributed by atoms with E-state index in [9.17, 15) is 9.18 Å². The van der Waals surface area contributed by atoms with Crippen LogP contribution in [0.15, 0.2) is 42.5 Å². The second-order valence-electron chi connectivity index (χ2n) is 9.94. The van der Waals surface area contributed by atoms with Crippen molar-refractivity contribution < 1.29 is 27.6 Å². The molecule has 1 N–H and O–H groups in total. The Labute approximate surface area is 212 Å². The van der Waals surface area contributed by atoms with Gasteiger partial charge in [0.05, 0.1) is 24.0 Å². The van der Waals surface area contributed by atoms with Gasteiger partial charge in [0, 0.05) is 17.2 Å². The van der Waals surface area contributed by atoms with Gasteiger partial charge in [-0.2, -0.15) is 4.40 Å². The van der Waals surface area contributed by atoms with Gasteiger partial charge >= 0.3 is 10.9 Å². The van der Waals surface area contributed by atoms with Crippen LogP contribution in [0.4, 0.5) is 14.6 Å². The van der Waals surface area contributed by atoms with E-state index in [1.807, 2.05) is 62.6 Å². The van der Waals surface area contributed by atoms with Crippen molar-refractivity contribution in [3.63, 3.8) is 0 Å². The van der Waals surface area contributed by atoms with Crippen molar-refractivity contribution in [1.29, 1.82) is 0 Å². The Morgan fingerprint density at radius 1 is 1.25 bits per heavy atom. The molecule has 36 heavy (non-hydrogen) atoms. The van der Waals surface area contributed by atoms with Crippen LogP contribution in [0.1, 0.15) is 38.1 Å². The summed E-state index contributed by atoms with van der Waals surface area (Å²) in [6.45, 7) is 8.14. The minimum Gasteiger partial charge on any atom is -0.485 e. The number of benzene rings is 2. The fourth-order valence-electron chi connectivity index (χ4n) is 4.72. The molecule has 0 spiro atoms. The number of halogens is 2. The number of nitrogens with zero attached hydrogens (tertiary/aromatic N) is 2. The van der Waals surface area contributed by atoms with Crippen molar-refractivity contribution in [2.24, 2.45) is 0 Å². The van der Waals surface area contributed by atoms with Crippen molar-refractivity contribution >= 4 is 28.1 Å². The predicted molar refractivity (Wildman–Crippen MR) is 136 cm³/mol. The molecule has 0 saturated carbocycles. The number of esters is 1. The summed E-state index contributed by atoms with van der Waals surface area (Å²) >= 11 is 1.56. The number of carbonyl (C=O) groups is 1. The number of methoxy groups -OCH3 is 1. The molecule has 1 aliphatic rings. The summed E-state index contributed by atoms with van der Waals surface area (Å²) in [5.41, 5.74) is 2.45. The van der Waals surface area contributed by atoms with E-state index in [1.165, 1.54) is 13.2 Å². The number of thiazole rings is 1. The normalized spacial score (nSPS) is 15.1. The number of nitrogens with one attached hydrogen (secondary N) is 1. The maximum Gasteiger partial charge on any atom is 0.349 e. The number of anilines is 1. The number of hydrogen-bond donors (Lipinski definition) is 1. The topological polar surface area (TPSA) is 55.9 Å². The molecule has 1 aliphatic heterocycles. The maximum absolute atomic E-state index is 15.0. The zero-order chi connectivity index (χ0) is 25.8. The summed E-state index contributed by atoms with van der Waals surface area (Å²) in [7, 11) is 1.33. The molecule has 1 atom stereocenters. The minimum atomic E-state index is -0.786. The Morgan fingerprint density at radius 3 is 2.64 bits per heavy atom. The lowest BCUT2D eigenvalue weighted by molar-refractivity contribution is -0.684. The van der Waals surface area contributed by atoms with E-state index in [2.05, 4.69) is 9.72 Å². The molecule has 2 aromatic heterocycles. The molecule has 3 heterocycles. The smallest absolute Gasteiger partial charge is 0.349 e. The molecule has 0 saturated heterocycles. The first kappa shape index (κ1) is 24.2. The van der Waals surface area contributed by atoms with Gasteiger partial charge in [-0.3, -0.25) is 4.79 Å². The Morgan fingerprint density at radius 2 is 1.97 bits per heavy atom. The van der Waals surface area contributed by atoms with Gasteiger partial charge in [0.25, 0.3) is 0 Å². The largest absolute Gasteiger partial charge is 0.485 e. The number of rotatable bonds is 4. The first-order valence-corrected chi connectivity index (χ1v) is 12.5. The van der Waals surface area contributed by atoms with Crippen LogP contribution in [0, 0.1) is 18.6 Å². The molecule has 1 unspecified atom stereocenters. The van der Waals surface area contributed by atoms with Crippen LogP contribution in [-0.4, -0.2) is 29.6 Å². The fourth-order valence-corrected chi connectivity index (χ4v) is 5.91. The Bertz CT molecular complexity index is 1470. The minimum absolute atomic E-state index is 0.0124. The third-order valence-corrected chi connectivity index (χ3v) is 7.17. The summed E-state index contributed by atoms with van der Waals surface area (Å²) in [5, 5.41) is 3.58. The highest BCUT2D eigenvalue weighted by Gasteiger charge is 2.42. The number of fused-ring (bicyclic) bond motifs is 5. The summed E-state index contributed by atoms with van der Waals surface area (Å²) in [4.78, 5) is 14.3. The summed E-state index contributed by atoms with van der Waals surface area (Å²) in [6, 6.07) is 11.6. The van der Waals surface area contributed by atoms with Gasteiger partial charge in [-0.15, -0.1) is 0 Å². The van der Waals surface area contributed by atoms with Crippen LogP contribution in [0.3, 0.4) is 0 Å². The highest BCUT2D eigenvalue weighted by molar-refractivity contribution is 7.17. The number of carbonyl (C=O) groups excluding carboxylic acids is 1. The van der Waals surface area contributed by atoms with Gasteiger partial charge < -0.3 is 14.8 Å². The van der Waals surface area contributed by atoms with Crippen LogP contribution in [0.2, 0.25) is 0 Å². The van der Waals surface area contributed by atoms with E-state index in [-0.39, 0.29) is 24.3 Å². The van der Waals surface area contributed by atoms with Crippen LogP contribution in [-0.2, 0) is 9.53 Å². The molecule has 0 bridgehead atoms. The lowest BCUT2D eigenvalue weighted by Crippen LogP contribution is -2.43. The van der Waals surface area contributed by atoms with Crippen molar-refractivity contribution in [2.45, 2.75) is 45.7 Å². The molecule has 5 rings (SSSR count). The molecule has 0 fully saturated rings. The summed E-state index contributed by atoms with van der Waals surface area (Å²) in [5.74, 6) is -1.27. The molecule has 2 aromatic carbocycles. The second kappa shape index (κ2) is 8.89. The third-order valence-electron chi connectivity index (χ3n) is 6.11. The van der Waals surface area contributed by atoms with Gasteiger partial charge in [-0.25, -0.2) is 13.3 Å². The van der Waals surface area contributed by atoms with Crippen LogP contribution >= 0.6 is 11.3 Å². The molecule has 0 radical (unpaired) electrons. The van der Waals surface area contributed by atoms with Gasteiger partial charge in [0.2, 0.25) is 11.5 Å². The highest BCUT2D eigenvalue weighted by Crippen LogP contribution is 2.44. The van der Waals surface area contributed by atoms with E-state index in [0.29, 0.717) is 17.1 Å². The average molecular weight is 513 g/mol. The van der Waals surface area contributed by atoms with Crippen LogP contribution < -0.4 is 14.6 Å². The van der Waals surface area contributed by atoms with Gasteiger partial charge in [0.1, 0.15) is 18.5 Å². The average Bonchev–Trinajstić information content (AvgIpc) is 3.23. The Hall–Kier alpha value is -3.46.